The summed E-state index contributed by atoms with van der Waals surface area (Å²) >= 11 is 3.34. The molecule has 0 aliphatic rings. The number of carbonyl (C=O) groups is 3. The van der Waals surface area contributed by atoms with Crippen molar-refractivity contribution >= 4 is 45.6 Å². The van der Waals surface area contributed by atoms with Gasteiger partial charge in [-0.3, -0.25) is 14.4 Å². The second-order valence-electron chi connectivity index (χ2n) is 8.19. The van der Waals surface area contributed by atoms with Crippen molar-refractivity contribution in [1.82, 2.24) is 10.7 Å². The van der Waals surface area contributed by atoms with Crippen molar-refractivity contribution in [3.8, 4) is 5.75 Å². The molecule has 0 aromatic heterocycles. The van der Waals surface area contributed by atoms with Crippen LogP contribution in [0.1, 0.15) is 36.5 Å². The number of benzene rings is 3. The highest BCUT2D eigenvalue weighted by Crippen LogP contribution is 2.16. The number of nitrogens with zero attached hydrogens (tertiary/aromatic N) is 1. The van der Waals surface area contributed by atoms with Gasteiger partial charge in [0.05, 0.1) is 6.21 Å². The Hall–Kier alpha value is -3.98. The quantitative estimate of drug-likeness (QED) is 0.209. The predicted molar refractivity (Wildman–Crippen MR) is 143 cm³/mol. The summed E-state index contributed by atoms with van der Waals surface area (Å²) in [4.78, 5) is 36.1. The molecule has 0 unspecified atom stereocenters. The first kappa shape index (κ1) is 26.6. The Kier molecular flexibility index (Phi) is 9.76. The van der Waals surface area contributed by atoms with E-state index < -0.39 is 11.8 Å². The molecule has 0 aliphatic carbocycles. The zero-order valence-electron chi connectivity index (χ0n) is 20.0. The van der Waals surface area contributed by atoms with Crippen molar-refractivity contribution in [2.45, 2.75) is 26.3 Å². The van der Waals surface area contributed by atoms with Gasteiger partial charge < -0.3 is 15.4 Å². The molecule has 3 rings (SSSR count). The van der Waals surface area contributed by atoms with Crippen LogP contribution in [0.2, 0.25) is 0 Å². The second-order valence-corrected chi connectivity index (χ2v) is 9.11. The number of hydrogen-bond acceptors (Lipinski definition) is 5. The number of ether oxygens (including phenoxy) is 1. The highest BCUT2D eigenvalue weighted by atomic mass is 79.9. The zero-order chi connectivity index (χ0) is 25.9. The minimum atomic E-state index is -0.873. The Morgan fingerprint density at radius 3 is 2.39 bits per heavy atom. The van der Waals surface area contributed by atoms with Gasteiger partial charge in [0.1, 0.15) is 5.75 Å². The molecule has 0 spiro atoms. The van der Waals surface area contributed by atoms with E-state index in [0.29, 0.717) is 22.9 Å². The summed E-state index contributed by atoms with van der Waals surface area (Å²) in [5.74, 6) is -1.08. The van der Waals surface area contributed by atoms with Crippen molar-refractivity contribution in [3.63, 3.8) is 0 Å². The number of carbonyl (C=O) groups excluding carboxylic acids is 3. The largest absolute Gasteiger partial charge is 0.484 e. The SMILES string of the molecule is CC(C)c1ccc(CNC(=O)C(=O)N/N=C\c2cccc(OCC(=O)Nc3ccc(Br)cc3)c2)cc1. The van der Waals surface area contributed by atoms with Crippen LogP contribution >= 0.6 is 15.9 Å². The standard InChI is InChI=1S/C27H27BrN4O4/c1-18(2)21-8-6-19(7-9-21)15-29-26(34)27(35)32-30-16-20-4-3-5-24(14-20)36-17-25(33)31-23-12-10-22(28)11-13-23/h3-14,16,18H,15,17H2,1-2H3,(H,29,34)(H,31,33)(H,32,35)/b30-16-. The molecule has 0 aliphatic heterocycles. The van der Waals surface area contributed by atoms with Gasteiger partial charge in [-0.1, -0.05) is 66.2 Å². The van der Waals surface area contributed by atoms with Crippen LogP contribution in [0.3, 0.4) is 0 Å². The van der Waals surface area contributed by atoms with Crippen LogP contribution in [0.25, 0.3) is 0 Å². The first-order chi connectivity index (χ1) is 17.3. The van der Waals surface area contributed by atoms with Crippen LogP contribution < -0.4 is 20.8 Å². The number of anilines is 1. The Balaban J connectivity index is 1.43. The average Bonchev–Trinajstić information content (AvgIpc) is 2.88. The third-order valence-electron chi connectivity index (χ3n) is 5.04. The van der Waals surface area contributed by atoms with E-state index >= 15 is 0 Å². The predicted octanol–water partition coefficient (Wildman–Crippen LogP) is 4.36. The number of hydrogen-bond donors (Lipinski definition) is 3. The maximum absolute atomic E-state index is 12.1. The zero-order valence-corrected chi connectivity index (χ0v) is 21.5. The molecule has 0 fully saturated rings. The van der Waals surface area contributed by atoms with Crippen molar-refractivity contribution in [2.75, 3.05) is 11.9 Å². The molecule has 0 saturated heterocycles. The van der Waals surface area contributed by atoms with E-state index in [1.54, 1.807) is 36.4 Å². The number of hydrazone groups is 1. The highest BCUT2D eigenvalue weighted by Gasteiger charge is 2.12. The Morgan fingerprint density at radius 2 is 1.69 bits per heavy atom. The molecule has 3 aromatic carbocycles. The molecule has 36 heavy (non-hydrogen) atoms. The van der Waals surface area contributed by atoms with Gasteiger partial charge in [0.2, 0.25) is 0 Å². The first-order valence-corrected chi connectivity index (χ1v) is 12.1. The lowest BCUT2D eigenvalue weighted by molar-refractivity contribution is -0.139. The average molecular weight is 551 g/mol. The highest BCUT2D eigenvalue weighted by molar-refractivity contribution is 9.10. The molecule has 3 N–H and O–H groups in total. The molecule has 8 nitrogen and oxygen atoms in total. The van der Waals surface area contributed by atoms with Gasteiger partial charge in [-0.05, 0) is 59.0 Å². The summed E-state index contributed by atoms with van der Waals surface area (Å²) in [7, 11) is 0. The summed E-state index contributed by atoms with van der Waals surface area (Å²) in [5, 5.41) is 9.13. The fourth-order valence-corrected chi connectivity index (χ4v) is 3.33. The van der Waals surface area contributed by atoms with Crippen molar-refractivity contribution in [2.24, 2.45) is 5.10 Å². The maximum Gasteiger partial charge on any atom is 0.329 e. The maximum atomic E-state index is 12.1. The van der Waals surface area contributed by atoms with E-state index in [1.165, 1.54) is 11.8 Å². The molecule has 0 bridgehead atoms. The summed E-state index contributed by atoms with van der Waals surface area (Å²) < 4.78 is 6.45. The smallest absolute Gasteiger partial charge is 0.329 e. The van der Waals surface area contributed by atoms with E-state index in [-0.39, 0.29) is 19.1 Å². The van der Waals surface area contributed by atoms with Gasteiger partial charge in [-0.15, -0.1) is 0 Å². The lowest BCUT2D eigenvalue weighted by Gasteiger charge is -2.08. The Bertz CT molecular complexity index is 1230. The van der Waals surface area contributed by atoms with Crippen molar-refractivity contribution in [3.05, 3.63) is 94.0 Å². The second kappa shape index (κ2) is 13.2. The molecule has 9 heteroatoms. The lowest BCUT2D eigenvalue weighted by atomic mass is 10.0. The summed E-state index contributed by atoms with van der Waals surface area (Å²) in [5.41, 5.74) is 5.58. The van der Waals surface area contributed by atoms with E-state index in [4.69, 9.17) is 4.74 Å². The summed E-state index contributed by atoms with van der Waals surface area (Å²) in [6, 6.07) is 21.9. The summed E-state index contributed by atoms with van der Waals surface area (Å²) in [6.45, 7) is 4.28. The molecule has 186 valence electrons. The third kappa shape index (κ3) is 8.66. The molecule has 3 amide bonds. The molecule has 0 atom stereocenters. The van der Waals surface area contributed by atoms with Crippen LogP contribution in [0.4, 0.5) is 5.69 Å². The number of amides is 3. The van der Waals surface area contributed by atoms with Crippen LogP contribution in [-0.4, -0.2) is 30.5 Å². The first-order valence-electron chi connectivity index (χ1n) is 11.3. The van der Waals surface area contributed by atoms with Crippen molar-refractivity contribution < 1.29 is 19.1 Å². The monoisotopic (exact) mass is 550 g/mol. The minimum Gasteiger partial charge on any atom is -0.484 e. The molecular weight excluding hydrogens is 524 g/mol. The fraction of sp³-hybridized carbons (Fsp3) is 0.185. The van der Waals surface area contributed by atoms with E-state index in [9.17, 15) is 14.4 Å². The van der Waals surface area contributed by atoms with Crippen molar-refractivity contribution in [1.29, 1.82) is 0 Å². The van der Waals surface area contributed by atoms with E-state index in [0.717, 1.165) is 10.0 Å². The van der Waals surface area contributed by atoms with Crippen LogP contribution in [0.15, 0.2) is 82.4 Å². The molecule has 0 radical (unpaired) electrons. The van der Waals surface area contributed by atoms with Gasteiger partial charge in [-0.25, -0.2) is 5.43 Å². The fourth-order valence-electron chi connectivity index (χ4n) is 3.06. The molecule has 0 heterocycles. The van der Waals surface area contributed by atoms with Crippen LogP contribution in [0, 0.1) is 0 Å². The van der Waals surface area contributed by atoms with Gasteiger partial charge in [-0.2, -0.15) is 5.10 Å². The minimum absolute atomic E-state index is 0.173. The third-order valence-corrected chi connectivity index (χ3v) is 5.57. The van der Waals surface area contributed by atoms with Gasteiger partial charge in [0.15, 0.2) is 6.61 Å². The summed E-state index contributed by atoms with van der Waals surface area (Å²) in [6.07, 6.45) is 1.38. The van der Waals surface area contributed by atoms with Gasteiger partial charge in [0.25, 0.3) is 5.91 Å². The van der Waals surface area contributed by atoms with Gasteiger partial charge in [0, 0.05) is 16.7 Å². The number of nitrogens with one attached hydrogen (secondary N) is 3. The Morgan fingerprint density at radius 1 is 0.972 bits per heavy atom. The van der Waals surface area contributed by atoms with E-state index in [2.05, 4.69) is 50.9 Å². The lowest BCUT2D eigenvalue weighted by Crippen LogP contribution is -2.37. The van der Waals surface area contributed by atoms with E-state index in [1.807, 2.05) is 36.4 Å². The van der Waals surface area contributed by atoms with Crippen LogP contribution in [0.5, 0.6) is 5.75 Å². The molecule has 3 aromatic rings. The number of halogens is 1. The topological polar surface area (TPSA) is 109 Å². The Labute approximate surface area is 218 Å². The number of rotatable bonds is 9. The molecule has 0 saturated carbocycles. The van der Waals surface area contributed by atoms with Gasteiger partial charge >= 0.3 is 11.8 Å². The van der Waals surface area contributed by atoms with Crippen LogP contribution in [-0.2, 0) is 20.9 Å². The molecular formula is C27H27BrN4O4. The normalized spacial score (nSPS) is 10.8.